The zero-order valence-corrected chi connectivity index (χ0v) is 15.8. The second-order valence-corrected chi connectivity index (χ2v) is 8.50. The molecule has 0 saturated carbocycles. The third-order valence-electron chi connectivity index (χ3n) is 3.67. The summed E-state index contributed by atoms with van der Waals surface area (Å²) in [6, 6.07) is 7.35. The van der Waals surface area contributed by atoms with E-state index in [-0.39, 0.29) is 32.4 Å². The smallest absolute Gasteiger partial charge is 0.298 e. The van der Waals surface area contributed by atoms with Gasteiger partial charge in [0.2, 0.25) is 5.76 Å². The second kappa shape index (κ2) is 7.18. The summed E-state index contributed by atoms with van der Waals surface area (Å²) in [5.41, 5.74) is 0.0526. The van der Waals surface area contributed by atoms with Crippen LogP contribution in [0.5, 0.6) is 0 Å². The molecule has 3 aromatic rings. The van der Waals surface area contributed by atoms with Crippen molar-refractivity contribution in [1.82, 2.24) is 5.16 Å². The first-order chi connectivity index (χ1) is 12.6. The van der Waals surface area contributed by atoms with Crippen LogP contribution in [0.1, 0.15) is 12.2 Å². The maximum Gasteiger partial charge on any atom is 0.298 e. The lowest BCUT2D eigenvalue weighted by Gasteiger charge is -2.08. The van der Waals surface area contributed by atoms with Gasteiger partial charge in [-0.05, 0) is 35.9 Å². The standard InChI is InChI=1S/C17H10Cl2F3NO3S/c1-27(24,25)13-3-2-8(6-12(13)20)14-15(23-26-16(14)17(21)22)9-4-10(18)7-11(19)5-9/h2-7,17H,1H3. The minimum atomic E-state index is -3.82. The van der Waals surface area contributed by atoms with Gasteiger partial charge in [-0.2, -0.15) is 0 Å². The van der Waals surface area contributed by atoms with E-state index in [0.717, 1.165) is 18.4 Å². The number of hydrogen-bond donors (Lipinski definition) is 0. The van der Waals surface area contributed by atoms with E-state index in [1.807, 2.05) is 0 Å². The lowest BCUT2D eigenvalue weighted by Crippen LogP contribution is -2.01. The molecule has 0 aliphatic carbocycles. The van der Waals surface area contributed by atoms with Crippen molar-refractivity contribution in [2.24, 2.45) is 0 Å². The van der Waals surface area contributed by atoms with Crippen LogP contribution >= 0.6 is 23.2 Å². The first-order valence-corrected chi connectivity index (χ1v) is 9.97. The van der Waals surface area contributed by atoms with Gasteiger partial charge in [-0.15, -0.1) is 0 Å². The van der Waals surface area contributed by atoms with Gasteiger partial charge in [-0.25, -0.2) is 21.6 Å². The van der Waals surface area contributed by atoms with Crippen LogP contribution in [0.2, 0.25) is 10.0 Å². The molecule has 0 amide bonds. The molecule has 4 nitrogen and oxygen atoms in total. The van der Waals surface area contributed by atoms with Gasteiger partial charge < -0.3 is 4.52 Å². The zero-order valence-electron chi connectivity index (χ0n) is 13.5. The quantitative estimate of drug-likeness (QED) is 0.519. The van der Waals surface area contributed by atoms with Crippen LogP contribution in [-0.4, -0.2) is 19.8 Å². The molecule has 0 bridgehead atoms. The summed E-state index contributed by atoms with van der Waals surface area (Å²) in [5, 5.41) is 4.13. The van der Waals surface area contributed by atoms with Crippen molar-refractivity contribution in [1.29, 1.82) is 0 Å². The van der Waals surface area contributed by atoms with E-state index < -0.39 is 32.7 Å². The number of aromatic nitrogens is 1. The predicted octanol–water partition coefficient (Wildman–Crippen LogP) is 5.80. The van der Waals surface area contributed by atoms with Crippen LogP contribution in [0.3, 0.4) is 0 Å². The Morgan fingerprint density at radius 1 is 1.04 bits per heavy atom. The summed E-state index contributed by atoms with van der Waals surface area (Å²) in [7, 11) is -3.82. The normalized spacial score (nSPS) is 12.0. The fraction of sp³-hybridized carbons (Fsp3) is 0.118. The molecule has 0 fully saturated rings. The van der Waals surface area contributed by atoms with Crippen LogP contribution in [0.25, 0.3) is 22.4 Å². The number of sulfone groups is 1. The Morgan fingerprint density at radius 2 is 1.67 bits per heavy atom. The van der Waals surface area contributed by atoms with Crippen LogP contribution < -0.4 is 0 Å². The molecule has 0 saturated heterocycles. The lowest BCUT2D eigenvalue weighted by atomic mass is 9.99. The van der Waals surface area contributed by atoms with E-state index in [9.17, 15) is 21.6 Å². The van der Waals surface area contributed by atoms with Crippen LogP contribution in [0.4, 0.5) is 13.2 Å². The third-order valence-corrected chi connectivity index (χ3v) is 5.24. The first kappa shape index (κ1) is 19.7. The Labute approximate surface area is 162 Å². The highest BCUT2D eigenvalue weighted by Gasteiger charge is 2.27. The number of nitrogens with zero attached hydrogens (tertiary/aromatic N) is 1. The number of rotatable bonds is 4. The summed E-state index contributed by atoms with van der Waals surface area (Å²) >= 11 is 11.9. The first-order valence-electron chi connectivity index (χ1n) is 7.32. The molecule has 0 aliphatic rings. The monoisotopic (exact) mass is 435 g/mol. The average molecular weight is 436 g/mol. The molecular weight excluding hydrogens is 426 g/mol. The molecule has 27 heavy (non-hydrogen) atoms. The lowest BCUT2D eigenvalue weighted by molar-refractivity contribution is 0.113. The van der Waals surface area contributed by atoms with Crippen molar-refractivity contribution in [3.05, 3.63) is 58.0 Å². The highest BCUT2D eigenvalue weighted by atomic mass is 35.5. The molecule has 10 heteroatoms. The SMILES string of the molecule is CS(=O)(=O)c1ccc(-c2c(-c3cc(Cl)cc(Cl)c3)noc2C(F)F)cc1F. The Bertz CT molecular complexity index is 1110. The summed E-state index contributed by atoms with van der Waals surface area (Å²) in [4.78, 5) is -0.548. The molecule has 0 spiro atoms. The maximum atomic E-state index is 14.3. The Hall–Kier alpha value is -2.03. The van der Waals surface area contributed by atoms with E-state index in [1.165, 1.54) is 24.3 Å². The number of alkyl halides is 2. The van der Waals surface area contributed by atoms with Crippen molar-refractivity contribution in [3.8, 4) is 22.4 Å². The summed E-state index contributed by atoms with van der Waals surface area (Å²) in [6.07, 6.45) is -2.19. The van der Waals surface area contributed by atoms with Gasteiger partial charge in [0.25, 0.3) is 6.43 Å². The Morgan fingerprint density at radius 3 is 2.19 bits per heavy atom. The third kappa shape index (κ3) is 3.97. The van der Waals surface area contributed by atoms with Crippen LogP contribution in [0, 0.1) is 5.82 Å². The topological polar surface area (TPSA) is 60.2 Å². The number of hydrogen-bond acceptors (Lipinski definition) is 4. The molecular formula is C17H10Cl2F3NO3S. The van der Waals surface area contributed by atoms with Crippen molar-refractivity contribution in [2.75, 3.05) is 6.26 Å². The molecule has 3 rings (SSSR count). The molecule has 0 radical (unpaired) electrons. The fourth-order valence-electron chi connectivity index (χ4n) is 2.58. The van der Waals surface area contributed by atoms with Gasteiger partial charge in [0.15, 0.2) is 9.84 Å². The largest absolute Gasteiger partial charge is 0.354 e. The molecule has 0 N–H and O–H groups in total. The predicted molar refractivity (Wildman–Crippen MR) is 95.4 cm³/mol. The van der Waals surface area contributed by atoms with E-state index in [4.69, 9.17) is 27.7 Å². The van der Waals surface area contributed by atoms with E-state index in [1.54, 1.807) is 0 Å². The van der Waals surface area contributed by atoms with Crippen molar-refractivity contribution < 1.29 is 26.1 Å². The minimum absolute atomic E-state index is 0.0254. The number of halogens is 5. The summed E-state index contributed by atoms with van der Waals surface area (Å²) < 4.78 is 69.0. The fourth-order valence-corrected chi connectivity index (χ4v) is 3.83. The van der Waals surface area contributed by atoms with Gasteiger partial charge in [0.1, 0.15) is 16.4 Å². The molecule has 1 aromatic heterocycles. The minimum Gasteiger partial charge on any atom is -0.354 e. The zero-order chi connectivity index (χ0) is 19.9. The van der Waals surface area contributed by atoms with Gasteiger partial charge in [-0.3, -0.25) is 0 Å². The Balaban J connectivity index is 2.26. The van der Waals surface area contributed by atoms with Gasteiger partial charge in [0, 0.05) is 21.9 Å². The molecule has 2 aromatic carbocycles. The average Bonchev–Trinajstić information content (AvgIpc) is 2.97. The molecule has 142 valence electrons. The van der Waals surface area contributed by atoms with E-state index >= 15 is 0 Å². The van der Waals surface area contributed by atoms with Gasteiger partial charge >= 0.3 is 0 Å². The van der Waals surface area contributed by atoms with E-state index in [0.29, 0.717) is 0 Å². The van der Waals surface area contributed by atoms with Crippen molar-refractivity contribution >= 4 is 33.0 Å². The van der Waals surface area contributed by atoms with E-state index in [2.05, 4.69) is 5.16 Å². The Kier molecular flexibility index (Phi) is 5.24. The molecule has 1 heterocycles. The highest BCUT2D eigenvalue weighted by Crippen LogP contribution is 2.40. The summed E-state index contributed by atoms with van der Waals surface area (Å²) in [5.74, 6) is -1.86. The maximum absolute atomic E-state index is 14.3. The second-order valence-electron chi connectivity index (χ2n) is 5.65. The number of benzene rings is 2. The van der Waals surface area contributed by atoms with Crippen molar-refractivity contribution in [2.45, 2.75) is 11.3 Å². The van der Waals surface area contributed by atoms with Crippen molar-refractivity contribution in [3.63, 3.8) is 0 Å². The molecule has 0 aliphatic heterocycles. The van der Waals surface area contributed by atoms with Crippen LogP contribution in [-0.2, 0) is 9.84 Å². The molecule has 0 atom stereocenters. The van der Waals surface area contributed by atoms with Crippen LogP contribution in [0.15, 0.2) is 45.8 Å². The highest BCUT2D eigenvalue weighted by molar-refractivity contribution is 7.90. The van der Waals surface area contributed by atoms with Gasteiger partial charge in [0.05, 0.1) is 5.56 Å². The van der Waals surface area contributed by atoms with Gasteiger partial charge in [-0.1, -0.05) is 34.4 Å². The molecule has 0 unspecified atom stereocenters. The summed E-state index contributed by atoms with van der Waals surface area (Å²) in [6.45, 7) is 0.